The molecule has 1 N–H and O–H groups in total. The van der Waals surface area contributed by atoms with E-state index in [4.69, 9.17) is 32.7 Å². The number of carbonyl (C=O) groups is 1. The van der Waals surface area contributed by atoms with Crippen molar-refractivity contribution in [1.82, 2.24) is 5.32 Å². The van der Waals surface area contributed by atoms with Gasteiger partial charge >= 0.3 is 0 Å². The largest absolute Gasteiger partial charge is 0.493 e. The third-order valence-electron chi connectivity index (χ3n) is 3.72. The molecule has 0 spiro atoms. The van der Waals surface area contributed by atoms with E-state index in [2.05, 4.69) is 5.32 Å². The van der Waals surface area contributed by atoms with Gasteiger partial charge < -0.3 is 14.8 Å². The Labute approximate surface area is 134 Å². The Morgan fingerprint density at radius 2 is 1.95 bits per heavy atom. The molecule has 1 fully saturated rings. The van der Waals surface area contributed by atoms with Crippen LogP contribution in [0.15, 0.2) is 12.1 Å². The van der Waals surface area contributed by atoms with Crippen molar-refractivity contribution in [3.8, 4) is 11.5 Å². The van der Waals surface area contributed by atoms with Crippen molar-refractivity contribution < 1.29 is 14.3 Å². The van der Waals surface area contributed by atoms with Gasteiger partial charge in [-0.2, -0.15) is 0 Å². The second-order valence-electron chi connectivity index (χ2n) is 5.06. The van der Waals surface area contributed by atoms with Crippen molar-refractivity contribution in [3.63, 3.8) is 0 Å². The van der Waals surface area contributed by atoms with Crippen molar-refractivity contribution in [2.24, 2.45) is 0 Å². The number of halogens is 2. The van der Waals surface area contributed by atoms with Crippen LogP contribution in [0.25, 0.3) is 0 Å². The molecule has 116 valence electrons. The molecule has 0 aromatic heterocycles. The van der Waals surface area contributed by atoms with E-state index in [9.17, 15) is 4.79 Å². The molecule has 21 heavy (non-hydrogen) atoms. The first kappa shape index (κ1) is 16.2. The van der Waals surface area contributed by atoms with Crippen LogP contribution in [-0.4, -0.2) is 26.2 Å². The number of methoxy groups -OCH3 is 2. The van der Waals surface area contributed by atoms with Crippen LogP contribution in [0.1, 0.15) is 36.6 Å². The van der Waals surface area contributed by atoms with Crippen LogP contribution in [0.5, 0.6) is 11.5 Å². The zero-order valence-electron chi connectivity index (χ0n) is 12.1. The van der Waals surface area contributed by atoms with Gasteiger partial charge in [-0.05, 0) is 18.9 Å². The van der Waals surface area contributed by atoms with Gasteiger partial charge in [-0.1, -0.05) is 30.5 Å². The van der Waals surface area contributed by atoms with Gasteiger partial charge in [0.25, 0.3) is 0 Å². The first-order valence-electron chi connectivity index (χ1n) is 6.93. The molecule has 6 heteroatoms. The highest BCUT2D eigenvalue weighted by atomic mass is 35.5. The third kappa shape index (κ3) is 3.55. The molecule has 1 aliphatic carbocycles. The van der Waals surface area contributed by atoms with Gasteiger partial charge in [0.2, 0.25) is 5.91 Å². The number of ether oxygens (including phenoxy) is 2. The molecule has 1 unspecified atom stereocenters. The molecule has 1 atom stereocenters. The quantitative estimate of drug-likeness (QED) is 0.837. The van der Waals surface area contributed by atoms with Crippen LogP contribution in [0.2, 0.25) is 5.02 Å². The van der Waals surface area contributed by atoms with Gasteiger partial charge in [-0.25, -0.2) is 0 Å². The first-order chi connectivity index (χ1) is 10.1. The molecule has 4 nitrogen and oxygen atoms in total. The smallest absolute Gasteiger partial charge is 0.242 e. The monoisotopic (exact) mass is 331 g/mol. The minimum atomic E-state index is -0.849. The van der Waals surface area contributed by atoms with Crippen LogP contribution in [0, 0.1) is 0 Å². The van der Waals surface area contributed by atoms with Crippen LogP contribution < -0.4 is 14.8 Å². The highest BCUT2D eigenvalue weighted by molar-refractivity contribution is 6.37. The second-order valence-corrected chi connectivity index (χ2v) is 5.87. The minimum Gasteiger partial charge on any atom is -0.493 e. The maximum atomic E-state index is 12.2. The third-order valence-corrected chi connectivity index (χ3v) is 4.54. The Bertz CT molecular complexity index is 516. The molecular formula is C15H19Cl2NO3. The summed E-state index contributed by atoms with van der Waals surface area (Å²) in [6, 6.07) is 3.60. The lowest BCUT2D eigenvalue weighted by Gasteiger charge is -2.18. The fraction of sp³-hybridized carbons (Fsp3) is 0.533. The summed E-state index contributed by atoms with van der Waals surface area (Å²) >= 11 is 12.6. The molecule has 1 amide bonds. The summed E-state index contributed by atoms with van der Waals surface area (Å²) < 4.78 is 10.4. The van der Waals surface area contributed by atoms with Crippen LogP contribution in [-0.2, 0) is 4.79 Å². The molecule has 2 rings (SSSR count). The molecule has 0 heterocycles. The predicted octanol–water partition coefficient (Wildman–Crippen LogP) is 3.70. The number of alkyl halides is 1. The van der Waals surface area contributed by atoms with E-state index in [-0.39, 0.29) is 11.9 Å². The summed E-state index contributed by atoms with van der Waals surface area (Å²) in [7, 11) is 3.02. The molecule has 0 aliphatic heterocycles. The molecule has 0 bridgehead atoms. The number of nitrogens with one attached hydrogen (secondary N) is 1. The summed E-state index contributed by atoms with van der Waals surface area (Å²) in [5, 5.41) is 2.42. The van der Waals surface area contributed by atoms with Crippen molar-refractivity contribution >= 4 is 29.1 Å². The standard InChI is InChI=1S/C15H19Cl2NO3/c1-20-11-8-7-10(12(16)14(11)21-2)13(17)15(19)18-9-5-3-4-6-9/h7-9,13H,3-6H2,1-2H3,(H,18,19). The Balaban J connectivity index is 2.18. The Morgan fingerprint density at radius 1 is 1.29 bits per heavy atom. The van der Waals surface area contributed by atoms with E-state index >= 15 is 0 Å². The number of carbonyl (C=O) groups excluding carboxylic acids is 1. The van der Waals surface area contributed by atoms with E-state index in [1.165, 1.54) is 14.2 Å². The summed E-state index contributed by atoms with van der Waals surface area (Å²) in [5.74, 6) is 0.667. The zero-order chi connectivity index (χ0) is 15.4. The lowest BCUT2D eigenvalue weighted by Crippen LogP contribution is -2.35. The number of hydrogen-bond acceptors (Lipinski definition) is 3. The lowest BCUT2D eigenvalue weighted by molar-refractivity contribution is -0.121. The summed E-state index contributed by atoms with van der Waals surface area (Å²) in [4.78, 5) is 12.2. The molecule has 1 aromatic carbocycles. The Hall–Kier alpha value is -1.13. The van der Waals surface area contributed by atoms with Crippen LogP contribution >= 0.6 is 23.2 Å². The fourth-order valence-corrected chi connectivity index (χ4v) is 3.23. The maximum Gasteiger partial charge on any atom is 0.242 e. The molecule has 1 saturated carbocycles. The van der Waals surface area contributed by atoms with Crippen LogP contribution in [0.4, 0.5) is 0 Å². The molecule has 0 radical (unpaired) electrons. The van der Waals surface area contributed by atoms with E-state index in [0.717, 1.165) is 25.7 Å². The van der Waals surface area contributed by atoms with Gasteiger partial charge in [0, 0.05) is 11.6 Å². The molecule has 1 aromatic rings. The predicted molar refractivity (Wildman–Crippen MR) is 83.5 cm³/mol. The van der Waals surface area contributed by atoms with Gasteiger partial charge in [0.05, 0.1) is 19.2 Å². The fourth-order valence-electron chi connectivity index (χ4n) is 2.59. The van der Waals surface area contributed by atoms with Crippen LogP contribution in [0.3, 0.4) is 0 Å². The summed E-state index contributed by atoms with van der Waals surface area (Å²) in [5.41, 5.74) is 0.520. The number of benzene rings is 1. The van der Waals surface area contributed by atoms with E-state index < -0.39 is 5.38 Å². The van der Waals surface area contributed by atoms with Crippen molar-refractivity contribution in [1.29, 1.82) is 0 Å². The maximum absolute atomic E-state index is 12.2. The highest BCUT2D eigenvalue weighted by Gasteiger charge is 2.26. The van der Waals surface area contributed by atoms with E-state index in [1.807, 2.05) is 0 Å². The molecule has 0 saturated heterocycles. The molecule has 1 aliphatic rings. The number of amides is 1. The number of rotatable bonds is 5. The van der Waals surface area contributed by atoms with Crippen molar-refractivity contribution in [2.75, 3.05) is 14.2 Å². The van der Waals surface area contributed by atoms with Gasteiger partial charge in [-0.3, -0.25) is 4.79 Å². The van der Waals surface area contributed by atoms with Gasteiger partial charge in [-0.15, -0.1) is 11.6 Å². The normalized spacial score (nSPS) is 16.6. The second kappa shape index (κ2) is 7.23. The summed E-state index contributed by atoms with van der Waals surface area (Å²) in [6.07, 6.45) is 4.31. The number of hydrogen-bond donors (Lipinski definition) is 1. The SMILES string of the molecule is COc1ccc(C(Cl)C(=O)NC2CCCC2)c(Cl)c1OC. The minimum absolute atomic E-state index is 0.220. The summed E-state index contributed by atoms with van der Waals surface area (Å²) in [6.45, 7) is 0. The van der Waals surface area contributed by atoms with Crippen molar-refractivity contribution in [2.45, 2.75) is 37.1 Å². The first-order valence-corrected chi connectivity index (χ1v) is 7.74. The Kier molecular flexibility index (Phi) is 5.59. The lowest BCUT2D eigenvalue weighted by atomic mass is 10.1. The average molecular weight is 332 g/mol. The average Bonchev–Trinajstić information content (AvgIpc) is 2.98. The zero-order valence-corrected chi connectivity index (χ0v) is 13.6. The van der Waals surface area contributed by atoms with Gasteiger partial charge in [0.15, 0.2) is 11.5 Å². The van der Waals surface area contributed by atoms with E-state index in [1.54, 1.807) is 12.1 Å². The topological polar surface area (TPSA) is 47.6 Å². The van der Waals surface area contributed by atoms with Crippen molar-refractivity contribution in [3.05, 3.63) is 22.7 Å². The van der Waals surface area contributed by atoms with E-state index in [0.29, 0.717) is 22.1 Å². The van der Waals surface area contributed by atoms with Gasteiger partial charge in [0.1, 0.15) is 5.38 Å². The molecular weight excluding hydrogens is 313 g/mol. The Morgan fingerprint density at radius 3 is 2.52 bits per heavy atom. The highest BCUT2D eigenvalue weighted by Crippen LogP contribution is 2.41.